The first kappa shape index (κ1) is 22.9. The average Bonchev–Trinajstić information content (AvgIpc) is 3.31. The minimum atomic E-state index is -1.35. The summed E-state index contributed by atoms with van der Waals surface area (Å²) in [5, 5.41) is 16.2. The number of nitrogens with one attached hydrogen (secondary N) is 3. The van der Waals surface area contributed by atoms with Crippen LogP contribution in [-0.4, -0.2) is 41.4 Å². The van der Waals surface area contributed by atoms with Gasteiger partial charge in [-0.3, -0.25) is 19.2 Å². The highest BCUT2D eigenvalue weighted by atomic mass is 16.5. The fraction of sp³-hybridized carbons (Fsp3) is 0.364. The van der Waals surface area contributed by atoms with E-state index in [9.17, 15) is 19.2 Å². The highest BCUT2D eigenvalue weighted by Crippen LogP contribution is 2.19. The van der Waals surface area contributed by atoms with Crippen molar-refractivity contribution in [1.82, 2.24) is 16.0 Å². The van der Waals surface area contributed by atoms with Gasteiger partial charge in [0.05, 0.1) is 12.9 Å². The Morgan fingerprint density at radius 3 is 2.59 bits per heavy atom. The number of para-hydroxylation sites is 1. The summed E-state index contributed by atoms with van der Waals surface area (Å²) in [4.78, 5) is 47.7. The molecule has 1 aromatic carbocycles. The third-order valence-corrected chi connectivity index (χ3v) is 4.91. The van der Waals surface area contributed by atoms with E-state index >= 15 is 0 Å². The third-order valence-electron chi connectivity index (χ3n) is 4.91. The van der Waals surface area contributed by atoms with Crippen LogP contribution in [0.3, 0.4) is 0 Å². The van der Waals surface area contributed by atoms with Gasteiger partial charge >= 0.3 is 5.97 Å². The third kappa shape index (κ3) is 6.10. The number of ether oxygens (including phenoxy) is 1. The van der Waals surface area contributed by atoms with Gasteiger partial charge in [0.15, 0.2) is 12.1 Å². The van der Waals surface area contributed by atoms with Crippen LogP contribution >= 0.6 is 0 Å². The lowest BCUT2D eigenvalue weighted by Gasteiger charge is -2.27. The molecule has 2 unspecified atom stereocenters. The Balaban J connectivity index is 1.49. The van der Waals surface area contributed by atoms with Gasteiger partial charge in [-0.25, -0.2) is 0 Å². The van der Waals surface area contributed by atoms with Crippen LogP contribution in [0.1, 0.15) is 43.0 Å². The molecular formula is C22H25N3O7. The predicted octanol–water partition coefficient (Wildman–Crippen LogP) is 1.28. The zero-order valence-corrected chi connectivity index (χ0v) is 17.3. The number of hydrogen-bond acceptors (Lipinski definition) is 6. The zero-order valence-electron chi connectivity index (χ0n) is 17.3. The summed E-state index contributed by atoms with van der Waals surface area (Å²) in [6.45, 7) is 0.523. The molecule has 10 heteroatoms. The van der Waals surface area contributed by atoms with Crippen LogP contribution < -0.4 is 20.7 Å². The van der Waals surface area contributed by atoms with Gasteiger partial charge in [0.25, 0.3) is 17.7 Å². The molecule has 2 atom stereocenters. The van der Waals surface area contributed by atoms with Crippen molar-refractivity contribution < 1.29 is 33.4 Å². The minimum absolute atomic E-state index is 0.106. The monoisotopic (exact) mass is 443 g/mol. The summed E-state index contributed by atoms with van der Waals surface area (Å²) in [6, 6.07) is 7.98. The lowest BCUT2D eigenvalue weighted by molar-refractivity contribution is -0.142. The molecule has 0 spiro atoms. The van der Waals surface area contributed by atoms with Gasteiger partial charge in [0, 0.05) is 18.5 Å². The Labute approximate surface area is 184 Å². The molecule has 10 nitrogen and oxygen atoms in total. The van der Waals surface area contributed by atoms with Gasteiger partial charge in [-0.05, 0) is 37.5 Å². The van der Waals surface area contributed by atoms with E-state index in [1.54, 1.807) is 36.4 Å². The van der Waals surface area contributed by atoms with Crippen LogP contribution in [0.2, 0.25) is 0 Å². The van der Waals surface area contributed by atoms with Crippen LogP contribution in [0.15, 0.2) is 47.1 Å². The van der Waals surface area contributed by atoms with Crippen molar-refractivity contribution in [3.05, 3.63) is 54.0 Å². The number of aliphatic carboxylic acids is 1. The Morgan fingerprint density at radius 2 is 1.84 bits per heavy atom. The van der Waals surface area contributed by atoms with E-state index < -0.39 is 35.8 Å². The number of carbonyl (C=O) groups excluding carboxylic acids is 3. The second-order valence-corrected chi connectivity index (χ2v) is 7.28. The Morgan fingerprint density at radius 1 is 1.03 bits per heavy atom. The molecule has 2 aromatic rings. The van der Waals surface area contributed by atoms with Crippen molar-refractivity contribution in [2.45, 2.75) is 44.3 Å². The van der Waals surface area contributed by atoms with Gasteiger partial charge in [-0.2, -0.15) is 0 Å². The standard InChI is InChI=1S/C22H25N3O7/c26-17(27)10-2-1-5-11-31-15-8-4-3-7-14(15)13-23-20(28)19-22(30)24-18(21(29)25-19)16-9-6-12-32-16/h3-4,6-9,12,18-19H,1-2,5,10-11,13H2,(H,23,28)(H,24,30)(H,25,29)(H,26,27). The first-order valence-electron chi connectivity index (χ1n) is 10.3. The number of rotatable bonds is 11. The van der Waals surface area contributed by atoms with Crippen LogP contribution in [-0.2, 0) is 25.7 Å². The molecule has 1 aromatic heterocycles. The molecule has 1 aliphatic heterocycles. The lowest BCUT2D eigenvalue weighted by Crippen LogP contribution is -2.62. The van der Waals surface area contributed by atoms with E-state index in [-0.39, 0.29) is 18.7 Å². The number of furan rings is 1. The van der Waals surface area contributed by atoms with E-state index in [0.717, 1.165) is 6.42 Å². The van der Waals surface area contributed by atoms with E-state index in [2.05, 4.69) is 16.0 Å². The summed E-state index contributed by atoms with van der Waals surface area (Å²) in [5.41, 5.74) is 0.711. The Hall–Kier alpha value is -3.82. The van der Waals surface area contributed by atoms with Crippen LogP contribution in [0.5, 0.6) is 5.75 Å². The molecule has 170 valence electrons. The summed E-state index contributed by atoms with van der Waals surface area (Å²) >= 11 is 0. The highest BCUT2D eigenvalue weighted by molar-refractivity contribution is 6.10. The first-order chi connectivity index (χ1) is 15.5. The zero-order chi connectivity index (χ0) is 22.9. The van der Waals surface area contributed by atoms with E-state index in [1.165, 1.54) is 6.26 Å². The van der Waals surface area contributed by atoms with Gasteiger partial charge in [-0.1, -0.05) is 18.2 Å². The predicted molar refractivity (Wildman–Crippen MR) is 111 cm³/mol. The SMILES string of the molecule is O=C(O)CCCCCOc1ccccc1CNC(=O)C1NC(=O)C(c2ccco2)NC1=O. The maximum atomic E-state index is 12.5. The largest absolute Gasteiger partial charge is 0.493 e. The van der Waals surface area contributed by atoms with Gasteiger partial charge in [0.2, 0.25) is 0 Å². The first-order valence-corrected chi connectivity index (χ1v) is 10.3. The fourth-order valence-corrected chi connectivity index (χ4v) is 3.24. The molecule has 3 amide bonds. The molecule has 0 saturated carbocycles. The van der Waals surface area contributed by atoms with Crippen LogP contribution in [0.25, 0.3) is 0 Å². The van der Waals surface area contributed by atoms with Crippen molar-refractivity contribution in [3.63, 3.8) is 0 Å². The number of piperazine rings is 1. The van der Waals surface area contributed by atoms with Gasteiger partial charge in [0.1, 0.15) is 11.5 Å². The molecule has 4 N–H and O–H groups in total. The molecule has 0 bridgehead atoms. The smallest absolute Gasteiger partial charge is 0.303 e. The molecule has 1 fully saturated rings. The topological polar surface area (TPSA) is 147 Å². The van der Waals surface area contributed by atoms with Crippen molar-refractivity contribution in [1.29, 1.82) is 0 Å². The molecule has 3 rings (SSSR count). The number of unbranched alkanes of at least 4 members (excludes halogenated alkanes) is 2. The molecule has 1 aliphatic rings. The number of hydrogen-bond donors (Lipinski definition) is 4. The van der Waals surface area contributed by atoms with Crippen molar-refractivity contribution in [3.8, 4) is 5.75 Å². The van der Waals surface area contributed by atoms with Crippen LogP contribution in [0, 0.1) is 0 Å². The van der Waals surface area contributed by atoms with E-state index in [4.69, 9.17) is 14.3 Å². The average molecular weight is 443 g/mol. The van der Waals surface area contributed by atoms with Crippen molar-refractivity contribution >= 4 is 23.7 Å². The fourth-order valence-electron chi connectivity index (χ4n) is 3.24. The van der Waals surface area contributed by atoms with Crippen molar-refractivity contribution in [2.24, 2.45) is 0 Å². The summed E-state index contributed by atoms with van der Waals surface area (Å²) in [6.07, 6.45) is 3.56. The molecule has 32 heavy (non-hydrogen) atoms. The van der Waals surface area contributed by atoms with Crippen LogP contribution in [0.4, 0.5) is 0 Å². The lowest BCUT2D eigenvalue weighted by atomic mass is 10.1. The quantitative estimate of drug-likeness (QED) is 0.302. The summed E-state index contributed by atoms with van der Waals surface area (Å²) < 4.78 is 10.9. The maximum absolute atomic E-state index is 12.5. The molecule has 2 heterocycles. The normalized spacial score (nSPS) is 17.9. The summed E-state index contributed by atoms with van der Waals surface area (Å²) in [7, 11) is 0. The maximum Gasteiger partial charge on any atom is 0.303 e. The second kappa shape index (κ2) is 11.0. The summed E-state index contributed by atoms with van der Waals surface area (Å²) in [5.74, 6) is -1.76. The Kier molecular flexibility index (Phi) is 7.85. The van der Waals surface area contributed by atoms with Crippen molar-refractivity contribution in [2.75, 3.05) is 6.61 Å². The number of carboxylic acid groups (broad SMARTS) is 1. The van der Waals surface area contributed by atoms with Gasteiger partial charge in [-0.15, -0.1) is 0 Å². The van der Waals surface area contributed by atoms with E-state index in [0.29, 0.717) is 30.8 Å². The molecule has 1 saturated heterocycles. The minimum Gasteiger partial charge on any atom is -0.493 e. The Bertz CT molecular complexity index is 958. The van der Waals surface area contributed by atoms with Gasteiger partial charge < -0.3 is 30.2 Å². The second-order valence-electron chi connectivity index (χ2n) is 7.28. The molecular weight excluding hydrogens is 418 g/mol. The molecule has 0 radical (unpaired) electrons. The molecule has 0 aliphatic carbocycles. The number of amides is 3. The van der Waals surface area contributed by atoms with E-state index in [1.807, 2.05) is 0 Å². The highest BCUT2D eigenvalue weighted by Gasteiger charge is 2.39. The number of benzene rings is 1. The number of carboxylic acids is 1. The number of carbonyl (C=O) groups is 4.